The van der Waals surface area contributed by atoms with Crippen molar-refractivity contribution < 1.29 is 5.21 Å². The molecule has 0 aliphatic rings. The van der Waals surface area contributed by atoms with Crippen molar-refractivity contribution in [3.63, 3.8) is 0 Å². The predicted octanol–water partition coefficient (Wildman–Crippen LogP) is 1.02. The Balaban J connectivity index is 2.97. The summed E-state index contributed by atoms with van der Waals surface area (Å²) in [5.41, 5.74) is 1.74. The Morgan fingerprint density at radius 1 is 1.82 bits per heavy atom. The van der Waals surface area contributed by atoms with Crippen molar-refractivity contribution in [1.82, 2.24) is 9.78 Å². The van der Waals surface area contributed by atoms with Gasteiger partial charge in [-0.2, -0.15) is 5.10 Å². The lowest BCUT2D eigenvalue weighted by Crippen LogP contribution is -1.93. The van der Waals surface area contributed by atoms with Crippen LogP contribution in [0.1, 0.15) is 18.2 Å². The highest BCUT2D eigenvalue weighted by Crippen LogP contribution is 2.01. The van der Waals surface area contributed by atoms with Gasteiger partial charge < -0.3 is 5.21 Å². The second-order valence-electron chi connectivity index (χ2n) is 2.27. The van der Waals surface area contributed by atoms with Gasteiger partial charge in [0, 0.05) is 18.3 Å². The summed E-state index contributed by atoms with van der Waals surface area (Å²) in [6.07, 6.45) is 3.23. The van der Waals surface area contributed by atoms with Gasteiger partial charge in [0.15, 0.2) is 0 Å². The van der Waals surface area contributed by atoms with E-state index in [0.29, 0.717) is 0 Å². The van der Waals surface area contributed by atoms with E-state index in [1.807, 2.05) is 20.0 Å². The Kier molecular flexibility index (Phi) is 2.25. The quantitative estimate of drug-likeness (QED) is 0.392. The maximum absolute atomic E-state index is 8.26. The average Bonchev–Trinajstić information content (AvgIpc) is 2.33. The zero-order valence-electron chi connectivity index (χ0n) is 6.65. The molecule has 0 spiro atoms. The summed E-state index contributed by atoms with van der Waals surface area (Å²) in [6.45, 7) is 4.72. The zero-order chi connectivity index (χ0) is 8.27. The summed E-state index contributed by atoms with van der Waals surface area (Å²) in [6, 6.07) is 0. The molecule has 1 heterocycles. The van der Waals surface area contributed by atoms with Crippen molar-refractivity contribution in [2.75, 3.05) is 0 Å². The second kappa shape index (κ2) is 3.18. The molecule has 11 heavy (non-hydrogen) atoms. The van der Waals surface area contributed by atoms with Gasteiger partial charge in [-0.1, -0.05) is 5.16 Å². The molecule has 0 aliphatic carbocycles. The lowest BCUT2D eigenvalue weighted by atomic mass is 10.3. The van der Waals surface area contributed by atoms with Crippen LogP contribution in [0.4, 0.5) is 0 Å². The van der Waals surface area contributed by atoms with Crippen molar-refractivity contribution in [2.45, 2.75) is 20.4 Å². The van der Waals surface area contributed by atoms with Gasteiger partial charge in [0.2, 0.25) is 0 Å². The highest BCUT2D eigenvalue weighted by atomic mass is 16.4. The van der Waals surface area contributed by atoms with Gasteiger partial charge >= 0.3 is 0 Å². The lowest BCUT2D eigenvalue weighted by Gasteiger charge is -1.89. The van der Waals surface area contributed by atoms with Crippen molar-refractivity contribution >= 4 is 6.21 Å². The SMILES string of the molecule is CCn1cc(C=NO)c(C)n1. The monoisotopic (exact) mass is 153 g/mol. The Bertz CT molecular complexity index is 265. The molecule has 0 unspecified atom stereocenters. The molecule has 0 bridgehead atoms. The number of aromatic nitrogens is 2. The maximum Gasteiger partial charge on any atom is 0.0768 e. The standard InChI is InChI=1S/C7H11N3O/c1-3-10-5-7(4-8-11)6(2)9-10/h4-5,11H,3H2,1-2H3. The van der Waals surface area contributed by atoms with Crippen molar-refractivity contribution in [3.8, 4) is 0 Å². The molecule has 1 aromatic heterocycles. The molecule has 1 rings (SSSR count). The largest absolute Gasteiger partial charge is 0.411 e. The van der Waals surface area contributed by atoms with Gasteiger partial charge in [-0.05, 0) is 13.8 Å². The average molecular weight is 153 g/mol. The number of nitrogens with zero attached hydrogens (tertiary/aromatic N) is 3. The Morgan fingerprint density at radius 3 is 3.00 bits per heavy atom. The fourth-order valence-electron chi connectivity index (χ4n) is 0.884. The smallest absolute Gasteiger partial charge is 0.0768 e. The molecule has 0 saturated heterocycles. The minimum Gasteiger partial charge on any atom is -0.411 e. The van der Waals surface area contributed by atoms with E-state index in [9.17, 15) is 0 Å². The molecule has 0 atom stereocenters. The summed E-state index contributed by atoms with van der Waals surface area (Å²) in [7, 11) is 0. The molecule has 1 aromatic rings. The Labute approximate surface area is 65.1 Å². The highest BCUT2D eigenvalue weighted by molar-refractivity contribution is 5.79. The van der Waals surface area contributed by atoms with Crippen LogP contribution in [0.5, 0.6) is 0 Å². The zero-order valence-corrected chi connectivity index (χ0v) is 6.65. The van der Waals surface area contributed by atoms with Crippen LogP contribution in [0, 0.1) is 6.92 Å². The van der Waals surface area contributed by atoms with Crippen LogP contribution in [0.2, 0.25) is 0 Å². The summed E-state index contributed by atoms with van der Waals surface area (Å²) in [5, 5.41) is 15.4. The third-order valence-corrected chi connectivity index (χ3v) is 1.51. The molecular formula is C7H11N3O. The first-order chi connectivity index (χ1) is 5.27. The first kappa shape index (κ1) is 7.78. The van der Waals surface area contributed by atoms with Crippen LogP contribution in [0.15, 0.2) is 11.4 Å². The number of oxime groups is 1. The van der Waals surface area contributed by atoms with E-state index in [2.05, 4.69) is 10.3 Å². The number of rotatable bonds is 2. The normalized spacial score (nSPS) is 11.1. The van der Waals surface area contributed by atoms with E-state index in [4.69, 9.17) is 5.21 Å². The molecule has 60 valence electrons. The molecular weight excluding hydrogens is 142 g/mol. The van der Waals surface area contributed by atoms with Crippen molar-refractivity contribution in [3.05, 3.63) is 17.5 Å². The molecule has 4 heteroatoms. The molecule has 0 fully saturated rings. The van der Waals surface area contributed by atoms with Crippen molar-refractivity contribution in [1.29, 1.82) is 0 Å². The molecule has 4 nitrogen and oxygen atoms in total. The van der Waals surface area contributed by atoms with Crippen LogP contribution in [0.25, 0.3) is 0 Å². The second-order valence-corrected chi connectivity index (χ2v) is 2.27. The summed E-state index contributed by atoms with van der Waals surface area (Å²) < 4.78 is 1.80. The van der Waals surface area contributed by atoms with Gasteiger partial charge in [-0.25, -0.2) is 0 Å². The summed E-state index contributed by atoms with van der Waals surface area (Å²) in [4.78, 5) is 0. The number of aryl methyl sites for hydroxylation is 2. The van der Waals surface area contributed by atoms with E-state index in [1.54, 1.807) is 4.68 Å². The van der Waals surface area contributed by atoms with E-state index in [0.717, 1.165) is 17.8 Å². The molecule has 0 radical (unpaired) electrons. The van der Waals surface area contributed by atoms with Crippen LogP contribution >= 0.6 is 0 Å². The lowest BCUT2D eigenvalue weighted by molar-refractivity contribution is 0.322. The van der Waals surface area contributed by atoms with E-state index in [-0.39, 0.29) is 0 Å². The van der Waals surface area contributed by atoms with Crippen LogP contribution < -0.4 is 0 Å². The van der Waals surface area contributed by atoms with E-state index < -0.39 is 0 Å². The van der Waals surface area contributed by atoms with Gasteiger partial charge in [-0.15, -0.1) is 0 Å². The fraction of sp³-hybridized carbons (Fsp3) is 0.429. The Hall–Kier alpha value is -1.32. The van der Waals surface area contributed by atoms with Gasteiger partial charge in [0.25, 0.3) is 0 Å². The summed E-state index contributed by atoms with van der Waals surface area (Å²) in [5.74, 6) is 0. The number of hydrogen-bond donors (Lipinski definition) is 1. The molecule has 0 aromatic carbocycles. The third kappa shape index (κ3) is 1.58. The van der Waals surface area contributed by atoms with Crippen LogP contribution in [-0.4, -0.2) is 21.2 Å². The predicted molar refractivity (Wildman–Crippen MR) is 42.0 cm³/mol. The van der Waals surface area contributed by atoms with Gasteiger partial charge in [-0.3, -0.25) is 4.68 Å². The van der Waals surface area contributed by atoms with Crippen molar-refractivity contribution in [2.24, 2.45) is 5.16 Å². The fourth-order valence-corrected chi connectivity index (χ4v) is 0.884. The van der Waals surface area contributed by atoms with Gasteiger partial charge in [0.05, 0.1) is 11.9 Å². The Morgan fingerprint density at radius 2 is 2.55 bits per heavy atom. The molecule has 1 N–H and O–H groups in total. The van der Waals surface area contributed by atoms with Crippen LogP contribution in [-0.2, 0) is 6.54 Å². The third-order valence-electron chi connectivity index (χ3n) is 1.51. The molecule has 0 amide bonds. The van der Waals surface area contributed by atoms with E-state index >= 15 is 0 Å². The summed E-state index contributed by atoms with van der Waals surface area (Å²) >= 11 is 0. The molecule has 0 aliphatic heterocycles. The topological polar surface area (TPSA) is 50.4 Å². The first-order valence-corrected chi connectivity index (χ1v) is 3.49. The minimum absolute atomic E-state index is 0.833. The van der Waals surface area contributed by atoms with Gasteiger partial charge in [0.1, 0.15) is 0 Å². The number of hydrogen-bond acceptors (Lipinski definition) is 3. The molecule has 0 saturated carbocycles. The first-order valence-electron chi connectivity index (χ1n) is 3.49. The van der Waals surface area contributed by atoms with E-state index in [1.165, 1.54) is 6.21 Å². The minimum atomic E-state index is 0.833. The highest BCUT2D eigenvalue weighted by Gasteiger charge is 1.99. The van der Waals surface area contributed by atoms with Crippen LogP contribution in [0.3, 0.4) is 0 Å². The maximum atomic E-state index is 8.26.